The molecule has 0 unspecified atom stereocenters. The van der Waals surface area contributed by atoms with Crippen molar-refractivity contribution in [2.75, 3.05) is 28.7 Å². The van der Waals surface area contributed by atoms with Crippen LogP contribution in [-0.2, 0) is 0 Å². The van der Waals surface area contributed by atoms with Gasteiger partial charge < -0.3 is 14.6 Å². The van der Waals surface area contributed by atoms with E-state index in [1.807, 2.05) is 6.07 Å². The van der Waals surface area contributed by atoms with Gasteiger partial charge in [-0.25, -0.2) is 9.82 Å². The zero-order chi connectivity index (χ0) is 24.9. The van der Waals surface area contributed by atoms with Crippen LogP contribution in [0.25, 0.3) is 11.3 Å². The van der Waals surface area contributed by atoms with E-state index in [2.05, 4.69) is 35.7 Å². The summed E-state index contributed by atoms with van der Waals surface area (Å²) >= 11 is 12.4. The van der Waals surface area contributed by atoms with E-state index in [1.165, 1.54) is 24.8 Å². The van der Waals surface area contributed by atoms with Gasteiger partial charge in [0.25, 0.3) is 0 Å². The Labute approximate surface area is 229 Å². The van der Waals surface area contributed by atoms with Crippen LogP contribution < -0.4 is 15.6 Å². The van der Waals surface area contributed by atoms with E-state index in [-0.39, 0.29) is 24.2 Å². The molecule has 2 aromatic carbocycles. The Balaban J connectivity index is 0.00000320. The van der Waals surface area contributed by atoms with Crippen LogP contribution in [0.2, 0.25) is 10.0 Å². The Kier molecular flexibility index (Phi) is 8.81. The van der Waals surface area contributed by atoms with E-state index < -0.39 is 0 Å². The average molecular weight is 563 g/mol. The van der Waals surface area contributed by atoms with Crippen molar-refractivity contribution >= 4 is 65.4 Å². The van der Waals surface area contributed by atoms with Crippen LogP contribution in [0.5, 0.6) is 0 Å². The number of benzene rings is 2. The Bertz CT molecular complexity index is 1380. The number of furan rings is 1. The lowest BCUT2D eigenvalue weighted by molar-refractivity contribution is 0.568. The van der Waals surface area contributed by atoms with Crippen molar-refractivity contribution in [2.45, 2.75) is 19.3 Å². The highest BCUT2D eigenvalue weighted by molar-refractivity contribution is 6.43. The molecule has 1 fully saturated rings. The van der Waals surface area contributed by atoms with Crippen LogP contribution in [0.3, 0.4) is 0 Å². The molecule has 0 bridgehead atoms. The third-order valence-corrected chi connectivity index (χ3v) is 6.38. The Morgan fingerprint density at radius 3 is 2.46 bits per heavy atom. The van der Waals surface area contributed by atoms with Gasteiger partial charge in [-0.15, -0.1) is 12.4 Å². The summed E-state index contributed by atoms with van der Waals surface area (Å²) in [5, 5.41) is 8.20. The molecule has 0 radical (unpaired) electrons. The van der Waals surface area contributed by atoms with E-state index in [1.54, 1.807) is 36.4 Å². The normalized spacial score (nSPS) is 13.4. The fraction of sp³-hybridized carbons (Fsp3) is 0.200. The van der Waals surface area contributed by atoms with Gasteiger partial charge in [0.05, 0.1) is 16.3 Å². The van der Waals surface area contributed by atoms with Gasteiger partial charge in [0.2, 0.25) is 17.8 Å². The monoisotopic (exact) mass is 561 g/mol. The van der Waals surface area contributed by atoms with Crippen LogP contribution in [0, 0.1) is 5.82 Å². The second kappa shape index (κ2) is 12.2. The summed E-state index contributed by atoms with van der Waals surface area (Å²) < 4.78 is 19.1. The number of halogens is 4. The first-order valence-corrected chi connectivity index (χ1v) is 12.2. The van der Waals surface area contributed by atoms with Crippen molar-refractivity contribution in [3.8, 4) is 11.3 Å². The molecule has 37 heavy (non-hydrogen) atoms. The van der Waals surface area contributed by atoms with Gasteiger partial charge in [0.1, 0.15) is 17.3 Å². The third kappa shape index (κ3) is 6.68. The van der Waals surface area contributed by atoms with Crippen LogP contribution in [-0.4, -0.2) is 34.3 Å². The highest BCUT2D eigenvalue weighted by Gasteiger charge is 2.17. The van der Waals surface area contributed by atoms with Crippen molar-refractivity contribution in [1.29, 1.82) is 0 Å². The summed E-state index contributed by atoms with van der Waals surface area (Å²) in [6.45, 7) is 1.73. The molecule has 192 valence electrons. The molecule has 0 atom stereocenters. The third-order valence-electron chi connectivity index (χ3n) is 5.56. The number of piperidine rings is 1. The largest absolute Gasteiger partial charge is 0.455 e. The number of hydrazone groups is 1. The maximum atomic E-state index is 13.3. The van der Waals surface area contributed by atoms with Crippen molar-refractivity contribution in [3.63, 3.8) is 0 Å². The molecule has 2 aromatic heterocycles. The van der Waals surface area contributed by atoms with Crippen molar-refractivity contribution in [1.82, 2.24) is 15.0 Å². The second-order valence-electron chi connectivity index (χ2n) is 8.14. The molecule has 0 spiro atoms. The number of nitrogens with one attached hydrogen (secondary N) is 2. The van der Waals surface area contributed by atoms with E-state index in [0.29, 0.717) is 44.7 Å². The van der Waals surface area contributed by atoms with E-state index >= 15 is 0 Å². The zero-order valence-electron chi connectivity index (χ0n) is 19.5. The van der Waals surface area contributed by atoms with Gasteiger partial charge in [-0.05, 0) is 67.8 Å². The molecule has 1 aliphatic heterocycles. The van der Waals surface area contributed by atoms with Gasteiger partial charge in [-0.1, -0.05) is 29.3 Å². The molecule has 3 heterocycles. The fourth-order valence-electron chi connectivity index (χ4n) is 3.78. The number of nitrogens with zero attached hydrogens (tertiary/aromatic N) is 5. The molecule has 0 saturated carbocycles. The predicted octanol–water partition coefficient (Wildman–Crippen LogP) is 7.18. The van der Waals surface area contributed by atoms with Crippen molar-refractivity contribution in [2.24, 2.45) is 5.10 Å². The minimum absolute atomic E-state index is 0. The average Bonchev–Trinajstić information content (AvgIpc) is 3.36. The Hall–Kier alpha value is -3.40. The van der Waals surface area contributed by atoms with Gasteiger partial charge in [-0.2, -0.15) is 20.1 Å². The quantitative estimate of drug-likeness (QED) is 0.182. The highest BCUT2D eigenvalue weighted by atomic mass is 35.5. The van der Waals surface area contributed by atoms with Gasteiger partial charge in [0.15, 0.2) is 0 Å². The van der Waals surface area contributed by atoms with Crippen LogP contribution >= 0.6 is 35.6 Å². The summed E-state index contributed by atoms with van der Waals surface area (Å²) in [7, 11) is 0. The zero-order valence-corrected chi connectivity index (χ0v) is 21.8. The molecule has 1 aliphatic rings. The summed E-state index contributed by atoms with van der Waals surface area (Å²) in [6.07, 6.45) is 4.85. The summed E-state index contributed by atoms with van der Waals surface area (Å²) in [5.41, 5.74) is 4.20. The molecule has 12 heteroatoms. The van der Waals surface area contributed by atoms with Gasteiger partial charge >= 0.3 is 0 Å². The fourth-order valence-corrected chi connectivity index (χ4v) is 4.18. The number of hydrogen-bond donors (Lipinski definition) is 2. The molecule has 8 nitrogen and oxygen atoms in total. The number of anilines is 4. The molecule has 5 rings (SSSR count). The number of aromatic nitrogens is 3. The van der Waals surface area contributed by atoms with E-state index in [0.717, 1.165) is 25.9 Å². The topological polar surface area (TPSA) is 91.5 Å². The van der Waals surface area contributed by atoms with E-state index in [9.17, 15) is 4.39 Å². The first-order valence-electron chi connectivity index (χ1n) is 11.4. The van der Waals surface area contributed by atoms with Gasteiger partial charge in [0, 0.05) is 24.3 Å². The predicted molar refractivity (Wildman–Crippen MR) is 148 cm³/mol. The highest BCUT2D eigenvalue weighted by Crippen LogP contribution is 2.34. The molecular weight excluding hydrogens is 540 g/mol. The lowest BCUT2D eigenvalue weighted by atomic mass is 10.1. The molecule has 0 amide bonds. The first-order chi connectivity index (χ1) is 17.5. The number of hydrogen-bond acceptors (Lipinski definition) is 8. The van der Waals surface area contributed by atoms with Crippen molar-refractivity contribution < 1.29 is 8.81 Å². The van der Waals surface area contributed by atoms with Crippen LogP contribution in [0.1, 0.15) is 25.0 Å². The first kappa shape index (κ1) is 26.7. The molecule has 1 saturated heterocycles. The summed E-state index contributed by atoms with van der Waals surface area (Å²) in [5.74, 6) is 1.89. The van der Waals surface area contributed by atoms with Crippen LogP contribution in [0.15, 0.2) is 64.1 Å². The number of rotatable bonds is 7. The van der Waals surface area contributed by atoms with Crippen LogP contribution in [0.4, 0.5) is 27.9 Å². The Morgan fingerprint density at radius 1 is 0.919 bits per heavy atom. The van der Waals surface area contributed by atoms with Gasteiger partial charge in [-0.3, -0.25) is 0 Å². The molecule has 2 N–H and O–H groups in total. The maximum absolute atomic E-state index is 13.3. The van der Waals surface area contributed by atoms with Crippen molar-refractivity contribution in [3.05, 3.63) is 76.2 Å². The standard InChI is InChI=1S/C25H22Cl2FN7O.ClH/c26-20-6-4-5-19(22(20)27)21-12-11-18(36-21)15-29-34-24-31-23(30-17-9-7-16(28)8-10-17)32-25(33-24)35-13-2-1-3-14-35;/h4-12,15H,1-3,13-14H2,(H2,30,31,32,33,34);1H/b29-15-;. The molecule has 0 aliphatic carbocycles. The summed E-state index contributed by atoms with van der Waals surface area (Å²) in [6, 6.07) is 14.9. The smallest absolute Gasteiger partial charge is 0.250 e. The minimum Gasteiger partial charge on any atom is -0.455 e. The lowest BCUT2D eigenvalue weighted by Gasteiger charge is -2.26. The minimum atomic E-state index is -0.319. The molecule has 4 aromatic rings. The SMILES string of the molecule is Cl.Fc1ccc(Nc2nc(N/N=C\c3ccc(-c4cccc(Cl)c4Cl)o3)nc(N3CCCCC3)n2)cc1. The Morgan fingerprint density at radius 2 is 1.68 bits per heavy atom. The maximum Gasteiger partial charge on any atom is 0.250 e. The molecular formula is C25H23Cl3FN7O. The van der Waals surface area contributed by atoms with E-state index in [4.69, 9.17) is 27.6 Å². The second-order valence-corrected chi connectivity index (χ2v) is 8.92. The lowest BCUT2D eigenvalue weighted by Crippen LogP contribution is -2.31. The summed E-state index contributed by atoms with van der Waals surface area (Å²) in [4.78, 5) is 15.6.